The highest BCUT2D eigenvalue weighted by Gasteiger charge is 2.45. The van der Waals surface area contributed by atoms with Gasteiger partial charge in [0.15, 0.2) is 12.6 Å². The van der Waals surface area contributed by atoms with Crippen molar-refractivity contribution < 1.29 is 83.8 Å². The minimum Gasteiger partial charge on any atom is -0.394 e. The van der Waals surface area contributed by atoms with E-state index in [1.807, 2.05) is 0 Å². The van der Waals surface area contributed by atoms with Crippen molar-refractivity contribution in [1.82, 2.24) is 9.96 Å². The number of rotatable bonds is 16. The third-order valence-electron chi connectivity index (χ3n) is 7.56. The van der Waals surface area contributed by atoms with E-state index in [2.05, 4.69) is 0 Å². The fourth-order valence-corrected chi connectivity index (χ4v) is 4.84. The number of nitrogens with zero attached hydrogens (tertiary/aromatic N) is 2. The van der Waals surface area contributed by atoms with E-state index in [0.717, 1.165) is 0 Å². The van der Waals surface area contributed by atoms with Gasteiger partial charge in [-0.1, -0.05) is 0 Å². The fraction of sp³-hybridized carbons (Fsp3) is 0.846. The van der Waals surface area contributed by atoms with E-state index in [4.69, 9.17) is 23.8 Å². The number of unbranched alkanes of at least 4 members (excludes halogenated alkanes) is 1. The van der Waals surface area contributed by atoms with Crippen LogP contribution < -0.4 is 0 Å². The van der Waals surface area contributed by atoms with Crippen molar-refractivity contribution in [2.45, 2.75) is 99.9 Å². The van der Waals surface area contributed by atoms with Crippen molar-refractivity contribution in [2.75, 3.05) is 39.5 Å². The number of amides is 3. The third-order valence-corrected chi connectivity index (χ3v) is 7.56. The van der Waals surface area contributed by atoms with Gasteiger partial charge in [-0.3, -0.25) is 14.4 Å². The average Bonchev–Trinajstić information content (AvgIpc) is 3.34. The molecule has 0 saturated carbocycles. The van der Waals surface area contributed by atoms with Crippen molar-refractivity contribution in [1.29, 1.82) is 0 Å². The molecule has 0 aromatic heterocycles. The van der Waals surface area contributed by atoms with E-state index in [0.29, 0.717) is 5.06 Å². The first kappa shape index (κ1) is 37.1. The van der Waals surface area contributed by atoms with Crippen LogP contribution in [0.3, 0.4) is 0 Å². The first-order valence-corrected chi connectivity index (χ1v) is 14.6. The van der Waals surface area contributed by atoms with Crippen molar-refractivity contribution >= 4 is 23.7 Å². The maximum absolute atomic E-state index is 13.1. The van der Waals surface area contributed by atoms with Crippen LogP contribution in [-0.4, -0.2) is 175 Å². The molecule has 0 radical (unpaired) electrons. The lowest BCUT2D eigenvalue weighted by Crippen LogP contribution is -2.59. The number of carbonyl (C=O) groups is 4. The molecule has 10 atom stereocenters. The van der Waals surface area contributed by atoms with Gasteiger partial charge >= 0.3 is 5.97 Å². The predicted molar refractivity (Wildman–Crippen MR) is 142 cm³/mol. The number of hydrogen-bond acceptors (Lipinski definition) is 17. The van der Waals surface area contributed by atoms with Crippen LogP contribution in [0.5, 0.6) is 0 Å². The average molecular weight is 655 g/mol. The van der Waals surface area contributed by atoms with Crippen molar-refractivity contribution in [3.63, 3.8) is 0 Å². The molecular formula is C26H42N2O17. The summed E-state index contributed by atoms with van der Waals surface area (Å²) < 4.78 is 21.5. The molecule has 19 nitrogen and oxygen atoms in total. The highest BCUT2D eigenvalue weighted by atomic mass is 16.7. The number of imide groups is 1. The SMILES string of the molecule is O=C(CCCCC(=O)N(CCO[C@H]1O[C@H](CO)[C@@H](O)[C@H](O)[C@@H]1O)CCO[C@@H]1O[C@@H](CO)[C@H](O)[C@@H](O)[C@H]1O)ON1C(=O)CCC1=O. The number of ether oxygens (including phenoxy) is 4. The second-order valence-electron chi connectivity index (χ2n) is 10.8. The molecule has 3 amide bonds. The lowest BCUT2D eigenvalue weighted by Gasteiger charge is -2.40. The number of aliphatic hydroxyl groups is 8. The Morgan fingerprint density at radius 1 is 0.711 bits per heavy atom. The maximum Gasteiger partial charge on any atom is 0.333 e. The van der Waals surface area contributed by atoms with Crippen LogP contribution in [0.15, 0.2) is 0 Å². The van der Waals surface area contributed by atoms with Crippen LogP contribution in [-0.2, 0) is 43.0 Å². The molecule has 3 fully saturated rings. The third kappa shape index (κ3) is 9.80. The van der Waals surface area contributed by atoms with Crippen LogP contribution in [0.1, 0.15) is 38.5 Å². The Balaban J connectivity index is 1.52. The summed E-state index contributed by atoms with van der Waals surface area (Å²) in [6.07, 6.45) is -15.1. The molecule has 45 heavy (non-hydrogen) atoms. The van der Waals surface area contributed by atoms with Crippen LogP contribution in [0.2, 0.25) is 0 Å². The molecule has 3 rings (SSSR count). The van der Waals surface area contributed by atoms with Gasteiger partial charge in [0.05, 0.1) is 26.4 Å². The number of hydroxylamine groups is 2. The summed E-state index contributed by atoms with van der Waals surface area (Å²) in [4.78, 5) is 54.3. The molecule has 3 saturated heterocycles. The van der Waals surface area contributed by atoms with Crippen molar-refractivity contribution in [2.24, 2.45) is 0 Å². The Hall–Kier alpha value is -2.40. The Bertz CT molecular complexity index is 941. The molecule has 8 N–H and O–H groups in total. The summed E-state index contributed by atoms with van der Waals surface area (Å²) in [5, 5.41) is 79.3. The molecule has 0 aliphatic carbocycles. The molecule has 0 spiro atoms. The van der Waals surface area contributed by atoms with E-state index >= 15 is 0 Å². The summed E-state index contributed by atoms with van der Waals surface area (Å²) in [6, 6.07) is 0. The molecule has 0 bridgehead atoms. The second-order valence-corrected chi connectivity index (χ2v) is 10.8. The van der Waals surface area contributed by atoms with E-state index < -0.39 is 98.3 Å². The lowest BCUT2D eigenvalue weighted by molar-refractivity contribution is -0.303. The van der Waals surface area contributed by atoms with Crippen LogP contribution in [0.25, 0.3) is 0 Å². The smallest absolute Gasteiger partial charge is 0.333 e. The standard InChI is InChI=1S/C26H42N2O17/c29-11-13-19(35)21(37)23(39)25(43-13)41-9-7-27(8-10-42-26-24(40)22(38)20(36)14(12-30)44-26)15(31)3-1-2-4-18(34)45-28-16(32)5-6-17(28)33/h13-14,19-26,29-30,35-40H,1-12H2/t13-,14+,19-,20+,21+,22-,23+,24-,25+,26-. The van der Waals surface area contributed by atoms with Crippen LogP contribution in [0, 0.1) is 0 Å². The molecule has 258 valence electrons. The van der Waals surface area contributed by atoms with Gasteiger partial charge in [-0.2, -0.15) is 0 Å². The summed E-state index contributed by atoms with van der Waals surface area (Å²) in [7, 11) is 0. The summed E-state index contributed by atoms with van der Waals surface area (Å²) in [5.74, 6) is -2.49. The lowest BCUT2D eigenvalue weighted by atomic mass is 9.99. The van der Waals surface area contributed by atoms with E-state index in [9.17, 15) is 60.0 Å². The molecule has 0 unspecified atom stereocenters. The Labute approximate surface area is 257 Å². The Morgan fingerprint density at radius 2 is 1.16 bits per heavy atom. The minimum atomic E-state index is -1.67. The van der Waals surface area contributed by atoms with Gasteiger partial charge in [0.2, 0.25) is 5.91 Å². The molecule has 0 aromatic rings. The zero-order chi connectivity index (χ0) is 33.3. The fourth-order valence-electron chi connectivity index (χ4n) is 4.84. The highest BCUT2D eigenvalue weighted by Crippen LogP contribution is 2.23. The zero-order valence-electron chi connectivity index (χ0n) is 24.4. The summed E-state index contributed by atoms with van der Waals surface area (Å²) in [5.41, 5.74) is 0. The van der Waals surface area contributed by atoms with E-state index in [1.165, 1.54) is 4.90 Å². The van der Waals surface area contributed by atoms with Gasteiger partial charge in [-0.25, -0.2) is 4.79 Å². The van der Waals surface area contributed by atoms with Gasteiger partial charge in [0.1, 0.15) is 48.8 Å². The molecular weight excluding hydrogens is 612 g/mol. The number of carbonyl (C=O) groups excluding carboxylic acids is 4. The summed E-state index contributed by atoms with van der Waals surface area (Å²) in [6.45, 7) is -2.07. The van der Waals surface area contributed by atoms with E-state index in [1.54, 1.807) is 0 Å². The second kappa shape index (κ2) is 17.5. The topological polar surface area (TPSA) is 283 Å². The molecule has 0 aromatic carbocycles. The Kier molecular flexibility index (Phi) is 14.4. The van der Waals surface area contributed by atoms with Gasteiger partial charge in [-0.15, -0.1) is 5.06 Å². The first-order chi connectivity index (χ1) is 21.4. The van der Waals surface area contributed by atoms with Crippen LogP contribution in [0.4, 0.5) is 0 Å². The molecule has 19 heteroatoms. The molecule has 3 heterocycles. The number of hydrogen-bond donors (Lipinski definition) is 8. The van der Waals surface area contributed by atoms with Gasteiger partial charge in [-0.05, 0) is 12.8 Å². The quantitative estimate of drug-likeness (QED) is 0.0569. The first-order valence-electron chi connectivity index (χ1n) is 14.6. The highest BCUT2D eigenvalue weighted by molar-refractivity contribution is 6.01. The molecule has 3 aliphatic rings. The maximum atomic E-state index is 13.1. The normalized spacial score (nSPS) is 33.8. The molecule has 3 aliphatic heterocycles. The van der Waals surface area contributed by atoms with Crippen molar-refractivity contribution in [3.05, 3.63) is 0 Å². The van der Waals surface area contributed by atoms with Crippen molar-refractivity contribution in [3.8, 4) is 0 Å². The van der Waals surface area contributed by atoms with Crippen LogP contribution >= 0.6 is 0 Å². The summed E-state index contributed by atoms with van der Waals surface area (Å²) >= 11 is 0. The number of aliphatic hydroxyl groups excluding tert-OH is 8. The zero-order valence-corrected chi connectivity index (χ0v) is 24.4. The van der Waals surface area contributed by atoms with Gasteiger partial charge in [0, 0.05) is 38.8 Å². The predicted octanol–water partition coefficient (Wildman–Crippen LogP) is -5.38. The minimum absolute atomic E-state index is 0.0450. The van der Waals surface area contributed by atoms with Gasteiger partial charge in [0.25, 0.3) is 11.8 Å². The van der Waals surface area contributed by atoms with E-state index in [-0.39, 0.29) is 64.8 Å². The van der Waals surface area contributed by atoms with Gasteiger partial charge < -0.3 is 69.5 Å². The Morgan fingerprint density at radius 3 is 1.60 bits per heavy atom. The monoisotopic (exact) mass is 654 g/mol. The largest absolute Gasteiger partial charge is 0.394 e.